The van der Waals surface area contributed by atoms with Gasteiger partial charge in [-0.15, -0.1) is 11.3 Å². The summed E-state index contributed by atoms with van der Waals surface area (Å²) < 4.78 is 6.66. The summed E-state index contributed by atoms with van der Waals surface area (Å²) in [6, 6.07) is -0.901. The van der Waals surface area contributed by atoms with Crippen molar-refractivity contribution in [3.05, 3.63) is 20.8 Å². The number of ether oxygens (including phenoxy) is 1. The second-order valence-corrected chi connectivity index (χ2v) is 7.96. The van der Waals surface area contributed by atoms with Crippen LogP contribution < -0.4 is 16.6 Å². The van der Waals surface area contributed by atoms with E-state index in [-0.39, 0.29) is 11.3 Å². The van der Waals surface area contributed by atoms with E-state index in [0.29, 0.717) is 28.5 Å². The number of aryl methyl sites for hydroxylation is 2. The van der Waals surface area contributed by atoms with E-state index in [4.69, 9.17) is 10.5 Å². The molecule has 1 aliphatic rings. The van der Waals surface area contributed by atoms with Crippen LogP contribution in [0.4, 0.5) is 4.79 Å². The fourth-order valence-corrected chi connectivity index (χ4v) is 5.14. The number of imide groups is 1. The van der Waals surface area contributed by atoms with E-state index in [1.54, 1.807) is 23.0 Å². The molecule has 0 saturated heterocycles. The number of hydrogen-bond acceptors (Lipinski definition) is 7. The van der Waals surface area contributed by atoms with Crippen molar-refractivity contribution in [3.63, 3.8) is 0 Å². The molecule has 2 aromatic heterocycles. The Bertz CT molecular complexity index is 906. The summed E-state index contributed by atoms with van der Waals surface area (Å²) in [4.78, 5) is 42.1. The lowest BCUT2D eigenvalue weighted by atomic mass is 9.97. The third-order valence-electron chi connectivity index (χ3n) is 4.15. The van der Waals surface area contributed by atoms with Gasteiger partial charge in [-0.3, -0.25) is 19.5 Å². The normalized spacial score (nSPS) is 13.6. The molecule has 2 aromatic rings. The zero-order valence-electron chi connectivity index (χ0n) is 14.4. The van der Waals surface area contributed by atoms with Crippen LogP contribution >= 0.6 is 23.1 Å². The quantitative estimate of drug-likeness (QED) is 0.561. The van der Waals surface area contributed by atoms with Crippen LogP contribution in [0.1, 0.15) is 23.3 Å². The van der Waals surface area contributed by atoms with E-state index in [9.17, 15) is 14.4 Å². The maximum absolute atomic E-state index is 13.1. The molecule has 26 heavy (non-hydrogen) atoms. The van der Waals surface area contributed by atoms with Gasteiger partial charge in [0.1, 0.15) is 4.83 Å². The maximum atomic E-state index is 13.1. The molecule has 3 amide bonds. The van der Waals surface area contributed by atoms with Crippen molar-refractivity contribution >= 4 is 45.3 Å². The zero-order valence-corrected chi connectivity index (χ0v) is 16.0. The fourth-order valence-electron chi connectivity index (χ4n) is 3.01. The van der Waals surface area contributed by atoms with E-state index in [0.717, 1.165) is 43.0 Å². The molecule has 0 fully saturated rings. The Morgan fingerprint density at radius 2 is 2.15 bits per heavy atom. The molecule has 8 nitrogen and oxygen atoms in total. The largest absolute Gasteiger partial charge is 0.383 e. The third kappa shape index (κ3) is 3.92. The van der Waals surface area contributed by atoms with E-state index >= 15 is 0 Å². The number of nitrogens with two attached hydrogens (primary N) is 1. The van der Waals surface area contributed by atoms with Crippen LogP contribution in [0, 0.1) is 0 Å². The summed E-state index contributed by atoms with van der Waals surface area (Å²) in [5.41, 5.74) is 5.98. The van der Waals surface area contributed by atoms with Gasteiger partial charge in [-0.25, -0.2) is 9.78 Å². The highest BCUT2D eigenvalue weighted by Gasteiger charge is 2.22. The molecule has 0 aromatic carbocycles. The summed E-state index contributed by atoms with van der Waals surface area (Å²) in [5, 5.41) is 3.15. The number of methoxy groups -OCH3 is 1. The van der Waals surface area contributed by atoms with Gasteiger partial charge in [-0.05, 0) is 31.2 Å². The smallest absolute Gasteiger partial charge is 0.318 e. The molecule has 3 rings (SSSR count). The molecule has 0 unspecified atom stereocenters. The van der Waals surface area contributed by atoms with Gasteiger partial charge < -0.3 is 10.5 Å². The van der Waals surface area contributed by atoms with Crippen LogP contribution in [-0.2, 0) is 28.9 Å². The summed E-state index contributed by atoms with van der Waals surface area (Å²) in [5.74, 6) is -0.584. The third-order valence-corrected chi connectivity index (χ3v) is 6.32. The number of hydrogen-bond donors (Lipinski definition) is 2. The molecule has 1 aliphatic carbocycles. The lowest BCUT2D eigenvalue weighted by Gasteiger charge is -2.13. The average molecular weight is 396 g/mol. The number of nitrogens with zero attached hydrogens (tertiary/aromatic N) is 2. The highest BCUT2D eigenvalue weighted by atomic mass is 32.2. The minimum atomic E-state index is -0.901. The minimum absolute atomic E-state index is 0.0566. The second kappa shape index (κ2) is 8.19. The summed E-state index contributed by atoms with van der Waals surface area (Å²) in [6.07, 6.45) is 4.11. The van der Waals surface area contributed by atoms with Gasteiger partial charge >= 0.3 is 6.03 Å². The Morgan fingerprint density at radius 1 is 1.38 bits per heavy atom. The standard InChI is InChI=1S/C16H20N4O4S2/c1-24-7-6-20-14(22)12-9-4-2-3-5-10(9)26-13(12)19-16(20)25-8-11(21)18-15(17)23/h2-8H2,1H3,(H3,17,18,21,23). The number of primary amides is 1. The predicted molar refractivity (Wildman–Crippen MR) is 101 cm³/mol. The molecule has 10 heteroatoms. The number of thiophene rings is 1. The molecule has 0 atom stereocenters. The van der Waals surface area contributed by atoms with E-state index < -0.39 is 11.9 Å². The number of rotatable bonds is 6. The van der Waals surface area contributed by atoms with Crippen molar-refractivity contribution in [1.29, 1.82) is 0 Å². The Labute approximate surface area is 158 Å². The molecule has 0 radical (unpaired) electrons. The van der Waals surface area contributed by atoms with E-state index in [1.165, 1.54) is 4.88 Å². The lowest BCUT2D eigenvalue weighted by molar-refractivity contribution is -0.117. The first-order valence-corrected chi connectivity index (χ1v) is 10.1. The molecule has 0 saturated carbocycles. The predicted octanol–water partition coefficient (Wildman–Crippen LogP) is 1.27. The molecular weight excluding hydrogens is 376 g/mol. The second-order valence-electron chi connectivity index (χ2n) is 5.94. The number of nitrogens with one attached hydrogen (secondary N) is 1. The molecule has 0 aliphatic heterocycles. The highest BCUT2D eigenvalue weighted by Crippen LogP contribution is 2.34. The topological polar surface area (TPSA) is 116 Å². The number of thioether (sulfide) groups is 1. The first kappa shape index (κ1) is 18.9. The van der Waals surface area contributed by atoms with Crippen molar-refractivity contribution in [2.24, 2.45) is 5.73 Å². The Morgan fingerprint density at radius 3 is 2.88 bits per heavy atom. The van der Waals surface area contributed by atoms with E-state index in [2.05, 4.69) is 4.98 Å². The molecule has 3 N–H and O–H groups in total. The van der Waals surface area contributed by atoms with Crippen LogP contribution in [0.2, 0.25) is 0 Å². The monoisotopic (exact) mass is 396 g/mol. The first-order chi connectivity index (χ1) is 12.5. The van der Waals surface area contributed by atoms with Crippen molar-refractivity contribution in [2.45, 2.75) is 37.4 Å². The number of urea groups is 1. The van der Waals surface area contributed by atoms with Crippen LogP contribution in [0.5, 0.6) is 0 Å². The highest BCUT2D eigenvalue weighted by molar-refractivity contribution is 7.99. The van der Waals surface area contributed by atoms with Crippen molar-refractivity contribution < 1.29 is 14.3 Å². The maximum Gasteiger partial charge on any atom is 0.318 e. The van der Waals surface area contributed by atoms with Crippen LogP contribution in [0.15, 0.2) is 9.95 Å². The minimum Gasteiger partial charge on any atom is -0.383 e. The Kier molecular flexibility index (Phi) is 5.94. The van der Waals surface area contributed by atoms with Gasteiger partial charge in [-0.2, -0.15) is 0 Å². The lowest BCUT2D eigenvalue weighted by Crippen LogP contribution is -2.36. The van der Waals surface area contributed by atoms with Crippen LogP contribution in [-0.4, -0.2) is 41.0 Å². The summed E-state index contributed by atoms with van der Waals surface area (Å²) in [6.45, 7) is 0.711. The summed E-state index contributed by atoms with van der Waals surface area (Å²) in [7, 11) is 1.57. The van der Waals surface area contributed by atoms with Gasteiger partial charge in [0.2, 0.25) is 5.91 Å². The molecule has 140 valence electrons. The van der Waals surface area contributed by atoms with E-state index in [1.807, 2.05) is 5.32 Å². The Hall–Kier alpha value is -1.91. The van der Waals surface area contributed by atoms with Crippen molar-refractivity contribution in [3.8, 4) is 0 Å². The van der Waals surface area contributed by atoms with Crippen LogP contribution in [0.25, 0.3) is 10.2 Å². The molecular formula is C16H20N4O4S2. The van der Waals surface area contributed by atoms with Gasteiger partial charge in [0.05, 0.1) is 24.3 Å². The SMILES string of the molecule is COCCn1c(SCC(=O)NC(N)=O)nc2sc3c(c2c1=O)CCCC3. The van der Waals surface area contributed by atoms with Gasteiger partial charge in [0.15, 0.2) is 5.16 Å². The van der Waals surface area contributed by atoms with Gasteiger partial charge in [0, 0.05) is 12.0 Å². The van der Waals surface area contributed by atoms with Gasteiger partial charge in [0.25, 0.3) is 5.56 Å². The number of aromatic nitrogens is 2. The number of carbonyl (C=O) groups excluding carboxylic acids is 2. The fraction of sp³-hybridized carbons (Fsp3) is 0.500. The van der Waals surface area contributed by atoms with Crippen molar-refractivity contribution in [1.82, 2.24) is 14.9 Å². The molecule has 2 heterocycles. The van der Waals surface area contributed by atoms with Crippen LogP contribution in [0.3, 0.4) is 0 Å². The van der Waals surface area contributed by atoms with Crippen molar-refractivity contribution in [2.75, 3.05) is 19.5 Å². The number of carbonyl (C=O) groups is 2. The number of fused-ring (bicyclic) bond motifs is 3. The first-order valence-electron chi connectivity index (χ1n) is 8.27. The molecule has 0 bridgehead atoms. The number of amides is 3. The average Bonchev–Trinajstić information content (AvgIpc) is 2.97. The Balaban J connectivity index is 1.99. The van der Waals surface area contributed by atoms with Gasteiger partial charge in [-0.1, -0.05) is 11.8 Å². The zero-order chi connectivity index (χ0) is 18.7. The summed E-state index contributed by atoms with van der Waals surface area (Å²) >= 11 is 2.67. The molecule has 0 spiro atoms.